The monoisotopic (exact) mass is 393 g/mol. The Hall–Kier alpha value is -3.15. The number of rotatable bonds is 7. The van der Waals surface area contributed by atoms with Crippen molar-refractivity contribution in [1.29, 1.82) is 0 Å². The van der Waals surface area contributed by atoms with Crippen LogP contribution in [0.1, 0.15) is 43.1 Å². The maximum absolute atomic E-state index is 12.5. The second-order valence-corrected chi connectivity index (χ2v) is 7.57. The number of carbonyl (C=O) groups is 3. The standard InChI is InChI=1S/C23H27N3O3/c1-4-26(16(3)27)14-17-6-5-7-20(13-17)25-22(28)18-8-10-19(11-9-18)24-23(29)21-12-15(21)2/h5-11,13,15,21H,4,12,14H2,1-3H3,(H,24,29)(H,25,28). The maximum atomic E-state index is 12.5. The fourth-order valence-corrected chi connectivity index (χ4v) is 3.24. The molecule has 1 fully saturated rings. The van der Waals surface area contributed by atoms with Crippen LogP contribution in [0.3, 0.4) is 0 Å². The van der Waals surface area contributed by atoms with Gasteiger partial charge in [0.25, 0.3) is 5.91 Å². The number of nitrogens with one attached hydrogen (secondary N) is 2. The molecule has 3 amide bonds. The lowest BCUT2D eigenvalue weighted by molar-refractivity contribution is -0.129. The lowest BCUT2D eigenvalue weighted by Gasteiger charge is -2.19. The highest BCUT2D eigenvalue weighted by molar-refractivity contribution is 6.04. The number of anilines is 2. The van der Waals surface area contributed by atoms with Crippen LogP contribution in [0.15, 0.2) is 48.5 Å². The molecule has 0 saturated heterocycles. The lowest BCUT2D eigenvalue weighted by Crippen LogP contribution is -2.27. The van der Waals surface area contributed by atoms with Crippen molar-refractivity contribution in [3.8, 4) is 0 Å². The molecular weight excluding hydrogens is 366 g/mol. The van der Waals surface area contributed by atoms with Crippen molar-refractivity contribution in [2.24, 2.45) is 11.8 Å². The Morgan fingerprint density at radius 3 is 2.31 bits per heavy atom. The Labute approximate surface area is 171 Å². The van der Waals surface area contributed by atoms with Gasteiger partial charge in [-0.25, -0.2) is 0 Å². The van der Waals surface area contributed by atoms with Crippen molar-refractivity contribution in [3.63, 3.8) is 0 Å². The zero-order chi connectivity index (χ0) is 21.0. The molecule has 0 bridgehead atoms. The molecular formula is C23H27N3O3. The predicted octanol–water partition coefficient (Wildman–Crippen LogP) is 3.90. The Balaban J connectivity index is 1.60. The van der Waals surface area contributed by atoms with Crippen LogP contribution in [0.4, 0.5) is 11.4 Å². The second kappa shape index (κ2) is 8.90. The molecule has 2 N–H and O–H groups in total. The van der Waals surface area contributed by atoms with Gasteiger partial charge in [-0.15, -0.1) is 0 Å². The average molecular weight is 393 g/mol. The number of carbonyl (C=O) groups excluding carboxylic acids is 3. The zero-order valence-corrected chi connectivity index (χ0v) is 17.1. The normalized spacial score (nSPS) is 17.3. The summed E-state index contributed by atoms with van der Waals surface area (Å²) in [7, 11) is 0. The maximum Gasteiger partial charge on any atom is 0.255 e. The molecule has 6 nitrogen and oxygen atoms in total. The smallest absolute Gasteiger partial charge is 0.255 e. The summed E-state index contributed by atoms with van der Waals surface area (Å²) in [4.78, 5) is 37.9. The minimum atomic E-state index is -0.227. The number of nitrogens with zero attached hydrogens (tertiary/aromatic N) is 1. The van der Waals surface area contributed by atoms with Gasteiger partial charge in [0, 0.05) is 42.9 Å². The Morgan fingerprint density at radius 1 is 1.03 bits per heavy atom. The van der Waals surface area contributed by atoms with Gasteiger partial charge in [-0.3, -0.25) is 14.4 Å². The molecule has 0 radical (unpaired) electrons. The highest BCUT2D eigenvalue weighted by Crippen LogP contribution is 2.38. The molecule has 0 heterocycles. The highest BCUT2D eigenvalue weighted by Gasteiger charge is 2.39. The van der Waals surface area contributed by atoms with Crippen LogP contribution in [-0.2, 0) is 16.1 Å². The van der Waals surface area contributed by atoms with Crippen LogP contribution in [-0.4, -0.2) is 29.2 Å². The summed E-state index contributed by atoms with van der Waals surface area (Å²) in [6, 6.07) is 14.3. The number of hydrogen-bond donors (Lipinski definition) is 2. The van der Waals surface area contributed by atoms with Gasteiger partial charge in [-0.1, -0.05) is 19.1 Å². The van der Waals surface area contributed by atoms with Crippen molar-refractivity contribution >= 4 is 29.1 Å². The molecule has 0 aromatic heterocycles. The summed E-state index contributed by atoms with van der Waals surface area (Å²) in [5.74, 6) is 0.394. The minimum absolute atomic E-state index is 0.0188. The highest BCUT2D eigenvalue weighted by atomic mass is 16.2. The fraction of sp³-hybridized carbons (Fsp3) is 0.348. The first-order chi connectivity index (χ1) is 13.9. The summed E-state index contributed by atoms with van der Waals surface area (Å²) in [5.41, 5.74) is 2.82. The molecule has 6 heteroatoms. The van der Waals surface area contributed by atoms with Crippen LogP contribution in [0, 0.1) is 11.8 Å². The van der Waals surface area contributed by atoms with Gasteiger partial charge in [-0.05, 0) is 61.2 Å². The van der Waals surface area contributed by atoms with E-state index < -0.39 is 0 Å². The average Bonchev–Trinajstić information content (AvgIpc) is 3.43. The predicted molar refractivity (Wildman–Crippen MR) is 114 cm³/mol. The van der Waals surface area contributed by atoms with Gasteiger partial charge in [-0.2, -0.15) is 0 Å². The topological polar surface area (TPSA) is 78.5 Å². The molecule has 2 atom stereocenters. The summed E-state index contributed by atoms with van der Waals surface area (Å²) in [6.45, 7) is 6.68. The van der Waals surface area contributed by atoms with Crippen LogP contribution < -0.4 is 10.6 Å². The van der Waals surface area contributed by atoms with Crippen molar-refractivity contribution in [1.82, 2.24) is 4.90 Å². The molecule has 2 unspecified atom stereocenters. The van der Waals surface area contributed by atoms with Gasteiger partial charge in [0.2, 0.25) is 11.8 Å². The van der Waals surface area contributed by atoms with E-state index >= 15 is 0 Å². The Bertz CT molecular complexity index is 908. The Morgan fingerprint density at radius 2 is 1.72 bits per heavy atom. The molecule has 3 rings (SSSR count). The van der Waals surface area contributed by atoms with Gasteiger partial charge >= 0.3 is 0 Å². The zero-order valence-electron chi connectivity index (χ0n) is 17.1. The molecule has 2 aromatic rings. The van der Waals surface area contributed by atoms with Crippen molar-refractivity contribution < 1.29 is 14.4 Å². The van der Waals surface area contributed by atoms with Crippen LogP contribution >= 0.6 is 0 Å². The summed E-state index contributed by atoms with van der Waals surface area (Å²) in [6.07, 6.45) is 0.938. The van der Waals surface area contributed by atoms with Gasteiger partial charge in [0.05, 0.1) is 0 Å². The van der Waals surface area contributed by atoms with Gasteiger partial charge in [0.15, 0.2) is 0 Å². The van der Waals surface area contributed by atoms with Crippen molar-refractivity contribution in [2.75, 3.05) is 17.2 Å². The third kappa shape index (κ3) is 5.44. The minimum Gasteiger partial charge on any atom is -0.339 e. The molecule has 1 aliphatic carbocycles. The molecule has 0 aliphatic heterocycles. The van der Waals surface area contributed by atoms with Crippen LogP contribution in [0.5, 0.6) is 0 Å². The largest absolute Gasteiger partial charge is 0.339 e. The van der Waals surface area contributed by atoms with E-state index in [1.807, 2.05) is 31.2 Å². The molecule has 0 spiro atoms. The number of amides is 3. The van der Waals surface area contributed by atoms with E-state index in [9.17, 15) is 14.4 Å². The fourth-order valence-electron chi connectivity index (χ4n) is 3.24. The molecule has 29 heavy (non-hydrogen) atoms. The third-order valence-electron chi connectivity index (χ3n) is 5.25. The molecule has 2 aromatic carbocycles. The van der Waals surface area contributed by atoms with E-state index in [4.69, 9.17) is 0 Å². The number of benzene rings is 2. The second-order valence-electron chi connectivity index (χ2n) is 7.57. The molecule has 152 valence electrons. The SMILES string of the molecule is CCN(Cc1cccc(NC(=O)c2ccc(NC(=O)C3CC3C)cc2)c1)C(C)=O. The van der Waals surface area contributed by atoms with Crippen molar-refractivity contribution in [2.45, 2.75) is 33.7 Å². The number of hydrogen-bond acceptors (Lipinski definition) is 3. The van der Waals surface area contributed by atoms with Gasteiger partial charge in [0.1, 0.15) is 0 Å². The van der Waals surface area contributed by atoms with Crippen LogP contribution in [0.25, 0.3) is 0 Å². The third-order valence-corrected chi connectivity index (χ3v) is 5.25. The lowest BCUT2D eigenvalue weighted by atomic mass is 10.1. The summed E-state index contributed by atoms with van der Waals surface area (Å²) in [5, 5.41) is 5.77. The van der Waals surface area contributed by atoms with Crippen molar-refractivity contribution in [3.05, 3.63) is 59.7 Å². The van der Waals surface area contributed by atoms with E-state index in [1.165, 1.54) is 0 Å². The van der Waals surface area contributed by atoms with E-state index in [2.05, 4.69) is 17.6 Å². The molecule has 1 aliphatic rings. The van der Waals surface area contributed by atoms with E-state index in [0.29, 0.717) is 35.9 Å². The Kier molecular flexibility index (Phi) is 6.32. The quantitative estimate of drug-likeness (QED) is 0.749. The summed E-state index contributed by atoms with van der Waals surface area (Å²) < 4.78 is 0. The van der Waals surface area contributed by atoms with E-state index in [1.54, 1.807) is 36.1 Å². The first-order valence-corrected chi connectivity index (χ1v) is 9.94. The van der Waals surface area contributed by atoms with Crippen LogP contribution in [0.2, 0.25) is 0 Å². The first-order valence-electron chi connectivity index (χ1n) is 9.94. The van der Waals surface area contributed by atoms with E-state index in [0.717, 1.165) is 12.0 Å². The summed E-state index contributed by atoms with van der Waals surface area (Å²) >= 11 is 0. The van der Waals surface area contributed by atoms with Gasteiger partial charge < -0.3 is 15.5 Å². The van der Waals surface area contributed by atoms with E-state index in [-0.39, 0.29) is 23.6 Å². The first kappa shape index (κ1) is 20.6. The molecule has 1 saturated carbocycles.